The summed E-state index contributed by atoms with van der Waals surface area (Å²) >= 11 is 0. The maximum Gasteiger partial charge on any atom is 0.287 e. The van der Waals surface area contributed by atoms with Gasteiger partial charge in [0.2, 0.25) is 11.7 Å². The number of nitrogens with one attached hydrogen (secondary N) is 1. The second kappa shape index (κ2) is 7.03. The summed E-state index contributed by atoms with van der Waals surface area (Å²) in [6.07, 6.45) is 3.95. The summed E-state index contributed by atoms with van der Waals surface area (Å²) in [6, 6.07) is 11.0. The highest BCUT2D eigenvalue weighted by molar-refractivity contribution is 5.91. The van der Waals surface area contributed by atoms with Gasteiger partial charge in [-0.3, -0.25) is 4.79 Å². The first-order valence-electron chi connectivity index (χ1n) is 8.74. The van der Waals surface area contributed by atoms with Crippen LogP contribution >= 0.6 is 0 Å². The normalized spacial score (nSPS) is 15.2. The molecule has 1 aliphatic rings. The van der Waals surface area contributed by atoms with Crippen molar-refractivity contribution in [3.05, 3.63) is 54.3 Å². The summed E-state index contributed by atoms with van der Waals surface area (Å²) in [5.74, 6) is 0.780. The number of amides is 1. The van der Waals surface area contributed by atoms with E-state index in [0.29, 0.717) is 11.7 Å². The predicted molar refractivity (Wildman–Crippen MR) is 95.8 cm³/mol. The molecule has 0 spiro atoms. The van der Waals surface area contributed by atoms with Crippen molar-refractivity contribution in [2.45, 2.75) is 25.8 Å². The highest BCUT2D eigenvalue weighted by Crippen LogP contribution is 2.24. The van der Waals surface area contributed by atoms with Gasteiger partial charge < -0.3 is 19.2 Å². The lowest BCUT2D eigenvalue weighted by Gasteiger charge is -2.17. The lowest BCUT2D eigenvalue weighted by Crippen LogP contribution is -2.26. The molecule has 134 valence electrons. The predicted octanol–water partition coefficient (Wildman–Crippen LogP) is 3.42. The van der Waals surface area contributed by atoms with E-state index < -0.39 is 6.04 Å². The molecule has 0 aliphatic carbocycles. The molecule has 0 bridgehead atoms. The molecule has 7 heteroatoms. The zero-order chi connectivity index (χ0) is 17.9. The summed E-state index contributed by atoms with van der Waals surface area (Å²) < 4.78 is 10.4. The molecule has 2 aromatic heterocycles. The van der Waals surface area contributed by atoms with Crippen LogP contribution in [0.15, 0.2) is 51.6 Å². The molecule has 0 unspecified atom stereocenters. The number of rotatable bonds is 5. The Bertz CT molecular complexity index is 865. The van der Waals surface area contributed by atoms with Crippen LogP contribution in [0.1, 0.15) is 42.3 Å². The molecule has 1 saturated heterocycles. The molecule has 1 aromatic carbocycles. The van der Waals surface area contributed by atoms with Crippen molar-refractivity contribution in [3.63, 3.8) is 0 Å². The topological polar surface area (TPSA) is 84.4 Å². The van der Waals surface area contributed by atoms with Gasteiger partial charge >= 0.3 is 0 Å². The fourth-order valence-corrected chi connectivity index (χ4v) is 3.06. The van der Waals surface area contributed by atoms with Crippen LogP contribution in [0.25, 0.3) is 11.4 Å². The zero-order valence-corrected chi connectivity index (χ0v) is 14.5. The molecular formula is C19H20N4O3. The smallest absolute Gasteiger partial charge is 0.287 e. The number of nitrogens with zero attached hydrogens (tertiary/aromatic N) is 3. The minimum Gasteiger partial charge on any atom is -0.459 e. The molecule has 1 fully saturated rings. The quantitative estimate of drug-likeness (QED) is 0.757. The van der Waals surface area contributed by atoms with Gasteiger partial charge in [-0.05, 0) is 56.2 Å². The molecule has 4 rings (SSSR count). The van der Waals surface area contributed by atoms with Crippen molar-refractivity contribution in [2.24, 2.45) is 0 Å². The third-order valence-electron chi connectivity index (χ3n) is 4.50. The van der Waals surface area contributed by atoms with E-state index in [0.717, 1.165) is 18.7 Å². The number of aromatic nitrogens is 2. The van der Waals surface area contributed by atoms with Crippen LogP contribution in [0.3, 0.4) is 0 Å². The van der Waals surface area contributed by atoms with E-state index in [9.17, 15) is 4.79 Å². The molecule has 0 saturated carbocycles. The van der Waals surface area contributed by atoms with Crippen molar-refractivity contribution in [1.82, 2.24) is 15.5 Å². The number of carbonyl (C=O) groups excluding carboxylic acids is 1. The Balaban J connectivity index is 1.44. The van der Waals surface area contributed by atoms with Gasteiger partial charge in [0, 0.05) is 24.3 Å². The Morgan fingerprint density at radius 2 is 1.96 bits per heavy atom. The third kappa shape index (κ3) is 3.33. The molecule has 3 aromatic rings. The second-order valence-electron chi connectivity index (χ2n) is 6.37. The van der Waals surface area contributed by atoms with Gasteiger partial charge in [0.15, 0.2) is 5.76 Å². The van der Waals surface area contributed by atoms with Crippen LogP contribution in [0.2, 0.25) is 0 Å². The van der Waals surface area contributed by atoms with E-state index in [-0.39, 0.29) is 11.7 Å². The van der Waals surface area contributed by atoms with Gasteiger partial charge in [0.25, 0.3) is 5.91 Å². The lowest BCUT2D eigenvalue weighted by molar-refractivity contribution is 0.0904. The standard InChI is InChI=1S/C19H20N4O3/c1-13(20-18(24)16-5-4-12-25-16)19-21-17(22-26-19)14-6-8-15(9-7-14)23-10-2-3-11-23/h4-9,12-13H,2-3,10-11H2,1H3,(H,20,24)/t13-/m1/s1. The Morgan fingerprint density at radius 1 is 1.19 bits per heavy atom. The summed E-state index contributed by atoms with van der Waals surface area (Å²) in [6.45, 7) is 4.01. The number of carbonyl (C=O) groups is 1. The average Bonchev–Trinajstić information content (AvgIpc) is 3.44. The molecule has 7 nitrogen and oxygen atoms in total. The van der Waals surface area contributed by atoms with Crippen molar-refractivity contribution < 1.29 is 13.7 Å². The Hall–Kier alpha value is -3.09. The van der Waals surface area contributed by atoms with Gasteiger partial charge in [-0.2, -0.15) is 4.98 Å². The zero-order valence-electron chi connectivity index (χ0n) is 14.5. The monoisotopic (exact) mass is 352 g/mol. The first-order chi connectivity index (χ1) is 12.7. The summed E-state index contributed by atoms with van der Waals surface area (Å²) in [4.78, 5) is 18.8. The molecule has 0 radical (unpaired) electrons. The summed E-state index contributed by atoms with van der Waals surface area (Å²) in [7, 11) is 0. The number of anilines is 1. The van der Waals surface area contributed by atoms with Gasteiger partial charge in [-0.25, -0.2) is 0 Å². The maximum absolute atomic E-state index is 12.0. The fraction of sp³-hybridized carbons (Fsp3) is 0.316. The van der Waals surface area contributed by atoms with Crippen LogP contribution in [0.4, 0.5) is 5.69 Å². The number of benzene rings is 1. The lowest BCUT2D eigenvalue weighted by atomic mass is 10.2. The van der Waals surface area contributed by atoms with Crippen LogP contribution in [0.5, 0.6) is 0 Å². The fourth-order valence-electron chi connectivity index (χ4n) is 3.06. The largest absolute Gasteiger partial charge is 0.459 e. The minimum atomic E-state index is -0.419. The Labute approximate surface area is 151 Å². The van der Waals surface area contributed by atoms with E-state index in [1.165, 1.54) is 24.8 Å². The van der Waals surface area contributed by atoms with Gasteiger partial charge in [-0.1, -0.05) is 5.16 Å². The number of hydrogen-bond donors (Lipinski definition) is 1. The van der Waals surface area contributed by atoms with Crippen LogP contribution in [-0.2, 0) is 0 Å². The van der Waals surface area contributed by atoms with E-state index in [4.69, 9.17) is 8.94 Å². The summed E-state index contributed by atoms with van der Waals surface area (Å²) in [5.41, 5.74) is 2.10. The third-order valence-corrected chi connectivity index (χ3v) is 4.50. The molecule has 1 amide bonds. The van der Waals surface area contributed by atoms with Crippen molar-refractivity contribution in [3.8, 4) is 11.4 Å². The average molecular weight is 352 g/mol. The summed E-state index contributed by atoms with van der Waals surface area (Å²) in [5, 5.41) is 6.80. The van der Waals surface area contributed by atoms with Crippen LogP contribution in [0, 0.1) is 0 Å². The molecule has 3 heterocycles. The van der Waals surface area contributed by atoms with E-state index in [1.807, 2.05) is 12.1 Å². The van der Waals surface area contributed by atoms with Crippen molar-refractivity contribution in [2.75, 3.05) is 18.0 Å². The van der Waals surface area contributed by atoms with Gasteiger partial charge in [0.1, 0.15) is 6.04 Å². The van der Waals surface area contributed by atoms with Gasteiger partial charge in [0.05, 0.1) is 6.26 Å². The Morgan fingerprint density at radius 3 is 2.65 bits per heavy atom. The van der Waals surface area contributed by atoms with Crippen LogP contribution < -0.4 is 10.2 Å². The van der Waals surface area contributed by atoms with E-state index in [2.05, 4.69) is 32.5 Å². The first-order valence-corrected chi connectivity index (χ1v) is 8.74. The number of hydrogen-bond acceptors (Lipinski definition) is 6. The molecule has 1 atom stereocenters. The first kappa shape index (κ1) is 16.4. The Kier molecular flexibility index (Phi) is 4.43. The molecule has 1 aliphatic heterocycles. The number of furan rings is 1. The molecular weight excluding hydrogens is 332 g/mol. The molecule has 26 heavy (non-hydrogen) atoms. The second-order valence-corrected chi connectivity index (χ2v) is 6.37. The highest BCUT2D eigenvalue weighted by atomic mass is 16.5. The van der Waals surface area contributed by atoms with E-state index >= 15 is 0 Å². The maximum atomic E-state index is 12.0. The molecule has 1 N–H and O–H groups in total. The van der Waals surface area contributed by atoms with Gasteiger partial charge in [-0.15, -0.1) is 0 Å². The minimum absolute atomic E-state index is 0.245. The van der Waals surface area contributed by atoms with Crippen molar-refractivity contribution >= 4 is 11.6 Å². The van der Waals surface area contributed by atoms with E-state index in [1.54, 1.807) is 19.1 Å². The highest BCUT2D eigenvalue weighted by Gasteiger charge is 2.19. The van der Waals surface area contributed by atoms with Crippen LogP contribution in [-0.4, -0.2) is 29.1 Å². The van der Waals surface area contributed by atoms with Crippen molar-refractivity contribution in [1.29, 1.82) is 0 Å². The SMILES string of the molecule is C[C@@H](NC(=O)c1ccco1)c1nc(-c2ccc(N3CCCC3)cc2)no1.